The summed E-state index contributed by atoms with van der Waals surface area (Å²) in [5.74, 6) is 0.433. The normalized spacial score (nSPS) is 9.93. The number of imidazole rings is 1. The Kier molecular flexibility index (Phi) is 3.52. The summed E-state index contributed by atoms with van der Waals surface area (Å²) in [6.45, 7) is 0. The van der Waals surface area contributed by atoms with Gasteiger partial charge < -0.3 is 20.5 Å². The molecule has 0 aliphatic carbocycles. The average molecular weight is 217 g/mol. The molecule has 0 saturated heterocycles. The highest BCUT2D eigenvalue weighted by Gasteiger charge is 1.99. The van der Waals surface area contributed by atoms with Crippen LogP contribution in [0.4, 0.5) is 5.82 Å². The van der Waals surface area contributed by atoms with Crippen LogP contribution in [0, 0.1) is 0 Å². The predicted octanol–water partition coefficient (Wildman–Crippen LogP) is -0.704. The minimum Gasteiger partial charge on any atom is -0.382 e. The molecule has 0 aliphatic rings. The fraction of sp³-hybridized carbons (Fsp3) is 0. The van der Waals surface area contributed by atoms with E-state index in [0.29, 0.717) is 17.0 Å². The molecule has 8 nitrogen and oxygen atoms in total. The molecule has 0 fully saturated rings. The molecule has 0 bridgehead atoms. The Hall–Kier alpha value is -1.50. The van der Waals surface area contributed by atoms with E-state index in [1.54, 1.807) is 0 Å². The number of aromatic amines is 1. The highest BCUT2D eigenvalue weighted by atomic mass is 31.1. The number of aromatic nitrogens is 4. The van der Waals surface area contributed by atoms with Crippen molar-refractivity contribution in [1.29, 1.82) is 0 Å². The molecule has 0 aliphatic heterocycles. The number of fused-ring (bicyclic) bond motifs is 1. The first-order valence-electron chi connectivity index (χ1n) is 3.42. The fourth-order valence-corrected chi connectivity index (χ4v) is 0.784. The summed E-state index contributed by atoms with van der Waals surface area (Å²) in [6, 6.07) is 0. The zero-order valence-corrected chi connectivity index (χ0v) is 7.88. The van der Waals surface area contributed by atoms with E-state index in [2.05, 4.69) is 19.9 Å². The number of hydrogen-bond donors (Lipinski definition) is 4. The van der Waals surface area contributed by atoms with Crippen LogP contribution < -0.4 is 5.73 Å². The monoisotopic (exact) mass is 217 g/mol. The van der Waals surface area contributed by atoms with Crippen molar-refractivity contribution < 1.29 is 14.4 Å². The molecule has 0 saturated carbocycles. The van der Waals surface area contributed by atoms with Crippen molar-refractivity contribution in [3.8, 4) is 0 Å². The Balaban J connectivity index is 0.000000213. The Morgan fingerprint density at radius 1 is 1.36 bits per heavy atom. The van der Waals surface area contributed by atoms with Gasteiger partial charge in [-0.2, -0.15) is 0 Å². The molecule has 0 unspecified atom stereocenters. The Bertz CT molecular complexity index is 440. The van der Waals surface area contributed by atoms with Crippen molar-refractivity contribution in [2.45, 2.75) is 0 Å². The van der Waals surface area contributed by atoms with E-state index in [-0.39, 0.29) is 0 Å². The number of anilines is 1. The van der Waals surface area contributed by atoms with E-state index >= 15 is 0 Å². The number of nitrogen functional groups attached to an aromatic ring is 1. The molecular weight excluding hydrogens is 209 g/mol. The maximum atomic E-state index is 8.74. The molecule has 76 valence electrons. The maximum Gasteiger partial charge on any atom is 0.314 e. The third-order valence-corrected chi connectivity index (χ3v) is 1.25. The first-order valence-corrected chi connectivity index (χ1v) is 4.73. The largest absolute Gasteiger partial charge is 0.382 e. The second-order valence-corrected chi connectivity index (χ2v) is 2.71. The lowest BCUT2D eigenvalue weighted by Gasteiger charge is -1.89. The van der Waals surface area contributed by atoms with Gasteiger partial charge in [-0.15, -0.1) is 0 Å². The number of rotatable bonds is 0. The molecule has 0 amide bonds. The van der Waals surface area contributed by atoms with Crippen molar-refractivity contribution in [2.75, 3.05) is 5.73 Å². The highest BCUT2D eigenvalue weighted by Crippen LogP contribution is 2.09. The standard InChI is InChI=1S/C5H5N5.H3O3P/c6-4-3-5(9-1-7-3)10-2-8-4;1-4(2)3/h1-2H,(H3,6,7,8,9,10);4H,(H2,1,2,3). The van der Waals surface area contributed by atoms with Gasteiger partial charge >= 0.3 is 8.25 Å². The lowest BCUT2D eigenvalue weighted by Crippen LogP contribution is -1.91. The molecule has 2 rings (SSSR count). The van der Waals surface area contributed by atoms with Crippen molar-refractivity contribution in [1.82, 2.24) is 19.9 Å². The molecule has 5 N–H and O–H groups in total. The first kappa shape index (κ1) is 10.6. The number of nitrogens with zero attached hydrogens (tertiary/aromatic N) is 3. The lowest BCUT2D eigenvalue weighted by molar-refractivity contribution is 0.405. The van der Waals surface area contributed by atoms with Crippen LogP contribution in [0.3, 0.4) is 0 Å². The molecule has 9 heteroatoms. The second kappa shape index (κ2) is 4.66. The summed E-state index contributed by atoms with van der Waals surface area (Å²) >= 11 is 0. The van der Waals surface area contributed by atoms with Gasteiger partial charge in [-0.3, -0.25) is 4.57 Å². The summed E-state index contributed by atoms with van der Waals surface area (Å²) < 4.78 is 8.74. The van der Waals surface area contributed by atoms with Crippen molar-refractivity contribution in [2.24, 2.45) is 0 Å². The van der Waals surface area contributed by atoms with E-state index in [1.807, 2.05) is 0 Å². The summed E-state index contributed by atoms with van der Waals surface area (Å²) in [5.41, 5.74) is 6.78. The average Bonchev–Trinajstić information content (AvgIpc) is 2.52. The molecule has 2 aromatic rings. The van der Waals surface area contributed by atoms with Crippen LogP contribution in [0.2, 0.25) is 0 Å². The van der Waals surface area contributed by atoms with Gasteiger partial charge in [0.1, 0.15) is 11.8 Å². The van der Waals surface area contributed by atoms with Gasteiger partial charge in [0.05, 0.1) is 6.33 Å². The molecular formula is C5H8N5O3P. The van der Waals surface area contributed by atoms with Gasteiger partial charge in [0, 0.05) is 0 Å². The quantitative estimate of drug-likeness (QED) is 0.428. The first-order chi connectivity index (χ1) is 6.61. The van der Waals surface area contributed by atoms with Crippen molar-refractivity contribution in [3.05, 3.63) is 12.7 Å². The number of nitrogens with one attached hydrogen (secondary N) is 1. The van der Waals surface area contributed by atoms with E-state index in [0.717, 1.165) is 0 Å². The Morgan fingerprint density at radius 2 is 2.00 bits per heavy atom. The van der Waals surface area contributed by atoms with Crippen LogP contribution in [0.1, 0.15) is 0 Å². The van der Waals surface area contributed by atoms with Gasteiger partial charge in [-0.1, -0.05) is 0 Å². The Morgan fingerprint density at radius 3 is 2.57 bits per heavy atom. The third-order valence-electron chi connectivity index (χ3n) is 1.25. The van der Waals surface area contributed by atoms with Crippen LogP contribution >= 0.6 is 8.25 Å². The summed E-state index contributed by atoms with van der Waals surface area (Å²) in [4.78, 5) is 28.7. The molecule has 2 heterocycles. The SMILES string of the molecule is Nc1ncnc2nc[nH]c12.O=[PH](O)O. The molecule has 0 atom stereocenters. The summed E-state index contributed by atoms with van der Waals surface area (Å²) in [5, 5.41) is 0. The van der Waals surface area contributed by atoms with E-state index in [4.69, 9.17) is 20.1 Å². The zero-order valence-electron chi connectivity index (χ0n) is 6.88. The topological polar surface area (TPSA) is 138 Å². The van der Waals surface area contributed by atoms with Crippen LogP contribution in [-0.2, 0) is 4.57 Å². The Labute approximate surface area is 78.8 Å². The van der Waals surface area contributed by atoms with Crippen molar-refractivity contribution in [3.63, 3.8) is 0 Å². The van der Waals surface area contributed by atoms with Gasteiger partial charge in [-0.25, -0.2) is 15.0 Å². The molecule has 0 spiro atoms. The number of H-pyrrole nitrogens is 1. The van der Waals surface area contributed by atoms with E-state index in [9.17, 15) is 0 Å². The van der Waals surface area contributed by atoms with E-state index in [1.165, 1.54) is 12.7 Å². The molecule has 2 aromatic heterocycles. The third kappa shape index (κ3) is 2.77. The van der Waals surface area contributed by atoms with Crippen LogP contribution in [-0.4, -0.2) is 29.7 Å². The van der Waals surface area contributed by atoms with E-state index < -0.39 is 8.25 Å². The molecule has 0 radical (unpaired) electrons. The van der Waals surface area contributed by atoms with Gasteiger partial charge in [-0.05, 0) is 0 Å². The van der Waals surface area contributed by atoms with Gasteiger partial charge in [0.25, 0.3) is 0 Å². The van der Waals surface area contributed by atoms with Gasteiger partial charge in [0.15, 0.2) is 11.5 Å². The molecule has 0 aromatic carbocycles. The number of nitrogens with two attached hydrogens (primary N) is 1. The minimum absolute atomic E-state index is 0.433. The zero-order chi connectivity index (χ0) is 10.6. The molecule has 14 heavy (non-hydrogen) atoms. The summed E-state index contributed by atoms with van der Waals surface area (Å²) in [6.07, 6.45) is 2.92. The predicted molar refractivity (Wildman–Crippen MR) is 49.5 cm³/mol. The minimum atomic E-state index is -3.13. The smallest absolute Gasteiger partial charge is 0.314 e. The lowest BCUT2D eigenvalue weighted by atomic mass is 10.5. The second-order valence-electron chi connectivity index (χ2n) is 2.14. The highest BCUT2D eigenvalue weighted by molar-refractivity contribution is 7.30. The fourth-order valence-electron chi connectivity index (χ4n) is 0.784. The van der Waals surface area contributed by atoms with Gasteiger partial charge in [0.2, 0.25) is 0 Å². The number of hydrogen-bond acceptors (Lipinski definition) is 5. The summed E-state index contributed by atoms with van der Waals surface area (Å²) in [7, 11) is -3.13. The van der Waals surface area contributed by atoms with Crippen LogP contribution in [0.25, 0.3) is 11.2 Å². The van der Waals surface area contributed by atoms with Crippen LogP contribution in [0.15, 0.2) is 12.7 Å². The van der Waals surface area contributed by atoms with Crippen LogP contribution in [0.5, 0.6) is 0 Å². The maximum absolute atomic E-state index is 8.74. The van der Waals surface area contributed by atoms with Crippen molar-refractivity contribution >= 4 is 25.2 Å².